The lowest BCUT2D eigenvalue weighted by Crippen LogP contribution is -2.39. The number of likely N-dealkylation sites (N-methyl/N-ethyl adjacent to an activating group) is 1. The molecule has 0 unspecified atom stereocenters. The van der Waals surface area contributed by atoms with E-state index in [-0.39, 0.29) is 23.7 Å². The molecule has 132 valence electrons. The predicted molar refractivity (Wildman–Crippen MR) is 93.1 cm³/mol. The molecular formula is C18H28N4O2. The average Bonchev–Trinajstić information content (AvgIpc) is 2.60. The smallest absolute Gasteiger partial charge is 0.223 e. The van der Waals surface area contributed by atoms with Gasteiger partial charge in [-0.15, -0.1) is 0 Å². The van der Waals surface area contributed by atoms with Gasteiger partial charge < -0.3 is 15.5 Å². The molecule has 1 aliphatic carbocycles. The maximum atomic E-state index is 12.3. The van der Waals surface area contributed by atoms with E-state index in [1.807, 2.05) is 31.1 Å². The van der Waals surface area contributed by atoms with E-state index in [9.17, 15) is 9.59 Å². The minimum atomic E-state index is 0.0256. The highest BCUT2D eigenvalue weighted by atomic mass is 16.2. The third-order valence-corrected chi connectivity index (χ3v) is 4.54. The summed E-state index contributed by atoms with van der Waals surface area (Å²) in [5.41, 5.74) is 1.05. The summed E-state index contributed by atoms with van der Waals surface area (Å²) in [6.07, 6.45) is 6.60. The van der Waals surface area contributed by atoms with E-state index < -0.39 is 0 Å². The zero-order chi connectivity index (χ0) is 17.4. The van der Waals surface area contributed by atoms with Crippen LogP contribution < -0.4 is 10.6 Å². The van der Waals surface area contributed by atoms with Crippen molar-refractivity contribution in [3.05, 3.63) is 30.1 Å². The Kier molecular flexibility index (Phi) is 7.18. The molecule has 0 spiro atoms. The van der Waals surface area contributed by atoms with Gasteiger partial charge in [0.2, 0.25) is 11.8 Å². The summed E-state index contributed by atoms with van der Waals surface area (Å²) in [5.74, 6) is 0.305. The first-order valence-electron chi connectivity index (χ1n) is 8.65. The summed E-state index contributed by atoms with van der Waals surface area (Å²) >= 11 is 0. The maximum Gasteiger partial charge on any atom is 0.223 e. The molecule has 1 aromatic heterocycles. The van der Waals surface area contributed by atoms with Gasteiger partial charge in [0, 0.05) is 43.9 Å². The summed E-state index contributed by atoms with van der Waals surface area (Å²) < 4.78 is 0. The van der Waals surface area contributed by atoms with E-state index in [0.717, 1.165) is 37.8 Å². The van der Waals surface area contributed by atoms with E-state index >= 15 is 0 Å². The fraction of sp³-hybridized carbons (Fsp3) is 0.611. The van der Waals surface area contributed by atoms with E-state index in [1.54, 1.807) is 12.4 Å². The van der Waals surface area contributed by atoms with E-state index in [0.29, 0.717) is 13.1 Å². The van der Waals surface area contributed by atoms with Crippen molar-refractivity contribution >= 4 is 11.8 Å². The van der Waals surface area contributed by atoms with Crippen molar-refractivity contribution in [1.82, 2.24) is 20.5 Å². The normalized spacial score (nSPS) is 20.6. The number of pyridine rings is 1. The molecule has 0 aromatic carbocycles. The highest BCUT2D eigenvalue weighted by Gasteiger charge is 2.29. The van der Waals surface area contributed by atoms with Crippen LogP contribution >= 0.6 is 0 Å². The summed E-state index contributed by atoms with van der Waals surface area (Å²) in [7, 11) is 3.98. The second-order valence-corrected chi connectivity index (χ2v) is 6.72. The van der Waals surface area contributed by atoms with Gasteiger partial charge in [-0.1, -0.05) is 0 Å². The molecule has 6 nitrogen and oxygen atoms in total. The molecular weight excluding hydrogens is 304 g/mol. The van der Waals surface area contributed by atoms with Crippen LogP contribution in [0.5, 0.6) is 0 Å². The van der Waals surface area contributed by atoms with Crippen LogP contribution in [0.4, 0.5) is 0 Å². The Morgan fingerprint density at radius 1 is 1.04 bits per heavy atom. The van der Waals surface area contributed by atoms with E-state index in [4.69, 9.17) is 0 Å². The molecule has 6 heteroatoms. The minimum absolute atomic E-state index is 0.0256. The highest BCUT2D eigenvalue weighted by molar-refractivity contribution is 5.81. The Bertz CT molecular complexity index is 525. The first-order chi connectivity index (χ1) is 11.6. The summed E-state index contributed by atoms with van der Waals surface area (Å²) in [5, 5.41) is 5.97. The van der Waals surface area contributed by atoms with Gasteiger partial charge in [0.1, 0.15) is 0 Å². The predicted octanol–water partition coefficient (Wildman–Crippen LogP) is 1.18. The van der Waals surface area contributed by atoms with Crippen molar-refractivity contribution in [3.63, 3.8) is 0 Å². The Morgan fingerprint density at radius 3 is 2.12 bits per heavy atom. The first-order valence-corrected chi connectivity index (χ1v) is 8.65. The fourth-order valence-corrected chi connectivity index (χ4v) is 3.00. The molecule has 0 aliphatic heterocycles. The average molecular weight is 332 g/mol. The standard InChI is InChI=1S/C18H28N4O2/c1-22(2)12-11-20-17(23)15-3-5-16(6-4-15)18(24)21-13-14-7-9-19-10-8-14/h7-10,15-16H,3-6,11-13H2,1-2H3,(H,20,23)(H,21,24). The molecule has 2 amide bonds. The van der Waals surface area contributed by atoms with Crippen LogP contribution in [-0.4, -0.2) is 48.9 Å². The zero-order valence-corrected chi connectivity index (χ0v) is 14.6. The number of carbonyl (C=O) groups is 2. The Balaban J connectivity index is 1.68. The van der Waals surface area contributed by atoms with Gasteiger partial charge in [-0.05, 0) is 57.5 Å². The number of nitrogens with zero attached hydrogens (tertiary/aromatic N) is 2. The molecule has 1 saturated carbocycles. The van der Waals surface area contributed by atoms with Crippen molar-refractivity contribution in [2.75, 3.05) is 27.2 Å². The molecule has 0 atom stereocenters. The lowest BCUT2D eigenvalue weighted by molar-refractivity contribution is -0.130. The molecule has 24 heavy (non-hydrogen) atoms. The van der Waals surface area contributed by atoms with Gasteiger partial charge in [0.25, 0.3) is 0 Å². The van der Waals surface area contributed by atoms with Crippen molar-refractivity contribution < 1.29 is 9.59 Å². The number of amides is 2. The minimum Gasteiger partial charge on any atom is -0.355 e. The monoisotopic (exact) mass is 332 g/mol. The summed E-state index contributed by atoms with van der Waals surface area (Å²) in [6.45, 7) is 2.06. The highest BCUT2D eigenvalue weighted by Crippen LogP contribution is 2.29. The lowest BCUT2D eigenvalue weighted by Gasteiger charge is -2.27. The van der Waals surface area contributed by atoms with Gasteiger partial charge in [-0.2, -0.15) is 0 Å². The van der Waals surface area contributed by atoms with Gasteiger partial charge in [-0.25, -0.2) is 0 Å². The van der Waals surface area contributed by atoms with Gasteiger partial charge in [0.05, 0.1) is 0 Å². The van der Waals surface area contributed by atoms with Crippen LogP contribution in [0.15, 0.2) is 24.5 Å². The first kappa shape index (κ1) is 18.4. The van der Waals surface area contributed by atoms with Crippen LogP contribution in [0.25, 0.3) is 0 Å². The molecule has 0 bridgehead atoms. The van der Waals surface area contributed by atoms with Gasteiger partial charge in [-0.3, -0.25) is 14.6 Å². The molecule has 2 rings (SSSR count). The topological polar surface area (TPSA) is 74.3 Å². The van der Waals surface area contributed by atoms with Crippen molar-refractivity contribution in [2.45, 2.75) is 32.2 Å². The summed E-state index contributed by atoms with van der Waals surface area (Å²) in [6, 6.07) is 3.80. The van der Waals surface area contributed by atoms with Crippen molar-refractivity contribution in [3.8, 4) is 0 Å². The van der Waals surface area contributed by atoms with Crippen LogP contribution in [-0.2, 0) is 16.1 Å². The van der Waals surface area contributed by atoms with Crippen LogP contribution in [0.1, 0.15) is 31.2 Å². The van der Waals surface area contributed by atoms with Crippen LogP contribution in [0, 0.1) is 11.8 Å². The second kappa shape index (κ2) is 9.37. The van der Waals surface area contributed by atoms with E-state index in [2.05, 4.69) is 15.6 Å². The Hall–Kier alpha value is -1.95. The van der Waals surface area contributed by atoms with Crippen molar-refractivity contribution in [2.24, 2.45) is 11.8 Å². The molecule has 1 heterocycles. The lowest BCUT2D eigenvalue weighted by atomic mass is 9.81. The number of nitrogens with one attached hydrogen (secondary N) is 2. The third kappa shape index (κ3) is 5.92. The molecule has 2 N–H and O–H groups in total. The van der Waals surface area contributed by atoms with Crippen LogP contribution in [0.2, 0.25) is 0 Å². The third-order valence-electron chi connectivity index (χ3n) is 4.54. The van der Waals surface area contributed by atoms with Crippen molar-refractivity contribution in [1.29, 1.82) is 0 Å². The molecule has 1 fully saturated rings. The number of hydrogen-bond acceptors (Lipinski definition) is 4. The molecule has 0 radical (unpaired) electrons. The SMILES string of the molecule is CN(C)CCNC(=O)C1CCC(C(=O)NCc2ccncc2)CC1. The molecule has 1 aromatic rings. The van der Waals surface area contributed by atoms with Crippen LogP contribution in [0.3, 0.4) is 0 Å². The number of hydrogen-bond donors (Lipinski definition) is 2. The number of aromatic nitrogens is 1. The second-order valence-electron chi connectivity index (χ2n) is 6.72. The Morgan fingerprint density at radius 2 is 1.58 bits per heavy atom. The number of carbonyl (C=O) groups excluding carboxylic acids is 2. The zero-order valence-electron chi connectivity index (χ0n) is 14.6. The molecule has 0 saturated heterocycles. The van der Waals surface area contributed by atoms with E-state index in [1.165, 1.54) is 0 Å². The number of rotatable bonds is 7. The molecule has 1 aliphatic rings. The quantitative estimate of drug-likeness (QED) is 0.786. The maximum absolute atomic E-state index is 12.3. The largest absolute Gasteiger partial charge is 0.355 e. The fourth-order valence-electron chi connectivity index (χ4n) is 3.00. The Labute approximate surface area is 144 Å². The van der Waals surface area contributed by atoms with Gasteiger partial charge in [0.15, 0.2) is 0 Å². The van der Waals surface area contributed by atoms with Gasteiger partial charge >= 0.3 is 0 Å². The summed E-state index contributed by atoms with van der Waals surface area (Å²) in [4.78, 5) is 30.4.